The van der Waals surface area contributed by atoms with Crippen molar-refractivity contribution in [2.24, 2.45) is 11.7 Å². The van der Waals surface area contributed by atoms with Crippen LogP contribution in [0.2, 0.25) is 0 Å². The second-order valence-corrected chi connectivity index (χ2v) is 6.78. The number of ether oxygens (including phenoxy) is 1. The highest BCUT2D eigenvalue weighted by Crippen LogP contribution is 2.25. The fourth-order valence-corrected chi connectivity index (χ4v) is 2.81. The largest absolute Gasteiger partial charge is 0.473 e. The molecule has 3 aromatic rings. The van der Waals surface area contributed by atoms with Crippen LogP contribution in [-0.4, -0.2) is 17.4 Å². The molecule has 0 spiro atoms. The highest BCUT2D eigenvalue weighted by atomic mass is 35.5. The Kier molecular flexibility index (Phi) is 7.02. The Hall–Kier alpha value is -2.34. The van der Waals surface area contributed by atoms with Crippen LogP contribution in [0.1, 0.15) is 20.3 Å². The van der Waals surface area contributed by atoms with Crippen LogP contribution >= 0.6 is 12.4 Å². The lowest BCUT2D eigenvalue weighted by Gasteiger charge is -2.21. The number of hydrogen-bond donors (Lipinski definition) is 2. The molecule has 6 heteroatoms. The van der Waals surface area contributed by atoms with Gasteiger partial charge in [-0.1, -0.05) is 44.2 Å². The fourth-order valence-electron chi connectivity index (χ4n) is 2.81. The van der Waals surface area contributed by atoms with E-state index in [0.717, 1.165) is 5.56 Å². The summed E-state index contributed by atoms with van der Waals surface area (Å²) in [5.41, 5.74) is 7.06. The van der Waals surface area contributed by atoms with E-state index in [0.29, 0.717) is 34.8 Å². The average Bonchev–Trinajstić information content (AvgIpc) is 2.62. The van der Waals surface area contributed by atoms with Crippen LogP contribution < -0.4 is 15.9 Å². The third kappa shape index (κ3) is 5.10. The Morgan fingerprint density at radius 2 is 1.81 bits per heavy atom. The van der Waals surface area contributed by atoms with Crippen molar-refractivity contribution in [2.45, 2.75) is 32.6 Å². The predicted molar refractivity (Wildman–Crippen MR) is 109 cm³/mol. The summed E-state index contributed by atoms with van der Waals surface area (Å²) >= 11 is 0. The Bertz CT molecular complexity index is 940. The van der Waals surface area contributed by atoms with Gasteiger partial charge in [-0.05, 0) is 30.5 Å². The molecule has 2 unspecified atom stereocenters. The molecule has 0 saturated heterocycles. The topological polar surface area (TPSA) is 85.7 Å². The van der Waals surface area contributed by atoms with Crippen LogP contribution in [0, 0.1) is 5.92 Å². The van der Waals surface area contributed by atoms with Crippen LogP contribution in [0.15, 0.2) is 63.8 Å². The molecule has 0 saturated carbocycles. The normalized spacial score (nSPS) is 13.2. The summed E-state index contributed by atoms with van der Waals surface area (Å²) in [6, 6.07) is 15.9. The molecule has 2 atom stereocenters. The number of benzene rings is 2. The van der Waals surface area contributed by atoms with Crippen molar-refractivity contribution in [3.63, 3.8) is 0 Å². The second kappa shape index (κ2) is 9.04. The van der Waals surface area contributed by atoms with E-state index in [2.05, 4.69) is 0 Å². The molecule has 0 amide bonds. The number of aliphatic hydroxyl groups excluding tert-OH is 1. The van der Waals surface area contributed by atoms with E-state index in [1.807, 2.05) is 44.2 Å². The van der Waals surface area contributed by atoms with E-state index in [-0.39, 0.29) is 17.8 Å². The van der Waals surface area contributed by atoms with E-state index in [4.69, 9.17) is 14.9 Å². The van der Waals surface area contributed by atoms with Gasteiger partial charge in [0, 0.05) is 11.6 Å². The molecule has 0 fully saturated rings. The number of hydrogen-bond acceptors (Lipinski definition) is 5. The van der Waals surface area contributed by atoms with E-state index >= 15 is 0 Å². The van der Waals surface area contributed by atoms with Gasteiger partial charge in [0.15, 0.2) is 11.7 Å². The van der Waals surface area contributed by atoms with E-state index in [9.17, 15) is 9.90 Å². The lowest BCUT2D eigenvalue weighted by molar-refractivity contribution is 0.0269. The number of aliphatic hydroxyl groups is 1. The van der Waals surface area contributed by atoms with E-state index < -0.39 is 12.3 Å². The molecule has 3 rings (SSSR count). The zero-order valence-electron chi connectivity index (χ0n) is 15.3. The molecule has 27 heavy (non-hydrogen) atoms. The molecular formula is C21H24ClNO4. The van der Waals surface area contributed by atoms with Crippen LogP contribution in [0.3, 0.4) is 0 Å². The molecule has 1 aromatic heterocycles. The molecule has 2 aromatic carbocycles. The standard InChI is InChI=1S/C21H23NO4.ClH/c1-13(2)10-18(24)21(22)25-15-8-9-19-16(11-15)17(23)12-20(26-19)14-6-4-3-5-7-14;/h3-9,11-13,18,21,24H,10,22H2,1-2H3;1H. The summed E-state index contributed by atoms with van der Waals surface area (Å²) in [7, 11) is 0. The second-order valence-electron chi connectivity index (χ2n) is 6.78. The van der Waals surface area contributed by atoms with Gasteiger partial charge in [0.25, 0.3) is 0 Å². The zero-order chi connectivity index (χ0) is 18.7. The first-order valence-electron chi connectivity index (χ1n) is 8.67. The molecule has 0 aliphatic rings. The molecular weight excluding hydrogens is 366 g/mol. The quantitative estimate of drug-likeness (QED) is 0.623. The highest BCUT2D eigenvalue weighted by molar-refractivity contribution is 5.85. The maximum atomic E-state index is 12.5. The lowest BCUT2D eigenvalue weighted by Crippen LogP contribution is -2.40. The van der Waals surface area contributed by atoms with Crippen molar-refractivity contribution in [3.8, 4) is 17.1 Å². The smallest absolute Gasteiger partial charge is 0.193 e. The first-order chi connectivity index (χ1) is 12.4. The van der Waals surface area contributed by atoms with Gasteiger partial charge in [-0.15, -0.1) is 12.4 Å². The molecule has 5 nitrogen and oxygen atoms in total. The minimum atomic E-state index is -0.856. The number of rotatable bonds is 6. The van der Waals surface area contributed by atoms with Crippen molar-refractivity contribution in [1.29, 1.82) is 0 Å². The summed E-state index contributed by atoms with van der Waals surface area (Å²) in [5, 5.41) is 10.5. The maximum absolute atomic E-state index is 12.5. The van der Waals surface area contributed by atoms with Gasteiger partial charge in [-0.2, -0.15) is 0 Å². The Balaban J connectivity index is 0.00000261. The summed E-state index contributed by atoms with van der Waals surface area (Å²) < 4.78 is 11.5. The number of fused-ring (bicyclic) bond motifs is 1. The molecule has 0 aliphatic carbocycles. The molecule has 0 radical (unpaired) electrons. The Labute approximate surface area is 164 Å². The Morgan fingerprint density at radius 1 is 1.11 bits per heavy atom. The van der Waals surface area contributed by atoms with Crippen molar-refractivity contribution in [3.05, 3.63) is 64.8 Å². The van der Waals surface area contributed by atoms with Gasteiger partial charge in [0.05, 0.1) is 5.39 Å². The third-order valence-corrected chi connectivity index (χ3v) is 4.12. The van der Waals surface area contributed by atoms with Gasteiger partial charge in [0.2, 0.25) is 0 Å². The van der Waals surface area contributed by atoms with E-state index in [1.165, 1.54) is 6.07 Å². The van der Waals surface area contributed by atoms with Crippen LogP contribution in [0.25, 0.3) is 22.3 Å². The third-order valence-electron chi connectivity index (χ3n) is 4.12. The number of halogens is 1. The molecule has 0 aliphatic heterocycles. The molecule has 0 bridgehead atoms. The summed E-state index contributed by atoms with van der Waals surface area (Å²) in [6.07, 6.45) is -1.09. The van der Waals surface area contributed by atoms with Crippen LogP contribution in [0.4, 0.5) is 0 Å². The maximum Gasteiger partial charge on any atom is 0.193 e. The fraction of sp³-hybridized carbons (Fsp3) is 0.286. The minimum Gasteiger partial charge on any atom is -0.473 e. The SMILES string of the molecule is CC(C)CC(O)C(N)Oc1ccc2oc(-c3ccccc3)cc(=O)c2c1.Cl. The summed E-state index contributed by atoms with van der Waals surface area (Å²) in [4.78, 5) is 12.5. The number of nitrogens with two attached hydrogens (primary N) is 1. The first kappa shape index (κ1) is 21.0. The lowest BCUT2D eigenvalue weighted by atomic mass is 10.1. The average molecular weight is 390 g/mol. The van der Waals surface area contributed by atoms with Crippen molar-refractivity contribution in [1.82, 2.24) is 0 Å². The van der Waals surface area contributed by atoms with Crippen molar-refractivity contribution in [2.75, 3.05) is 0 Å². The van der Waals surface area contributed by atoms with Gasteiger partial charge in [-0.25, -0.2) is 0 Å². The van der Waals surface area contributed by atoms with E-state index in [1.54, 1.807) is 18.2 Å². The molecule has 3 N–H and O–H groups in total. The zero-order valence-corrected chi connectivity index (χ0v) is 16.1. The molecule has 1 heterocycles. The van der Waals surface area contributed by atoms with Crippen molar-refractivity contribution >= 4 is 23.4 Å². The first-order valence-corrected chi connectivity index (χ1v) is 8.67. The monoisotopic (exact) mass is 389 g/mol. The summed E-state index contributed by atoms with van der Waals surface area (Å²) in [5.74, 6) is 1.24. The van der Waals surface area contributed by atoms with Crippen LogP contribution in [-0.2, 0) is 0 Å². The van der Waals surface area contributed by atoms with Gasteiger partial charge >= 0.3 is 0 Å². The van der Waals surface area contributed by atoms with Crippen LogP contribution in [0.5, 0.6) is 5.75 Å². The van der Waals surface area contributed by atoms with Gasteiger partial charge < -0.3 is 14.3 Å². The predicted octanol–water partition coefficient (Wildman–Crippen LogP) is 3.95. The van der Waals surface area contributed by atoms with Crippen molar-refractivity contribution < 1.29 is 14.3 Å². The minimum absolute atomic E-state index is 0. The Morgan fingerprint density at radius 3 is 2.48 bits per heavy atom. The van der Waals surface area contributed by atoms with Gasteiger partial charge in [0.1, 0.15) is 23.2 Å². The van der Waals surface area contributed by atoms with Gasteiger partial charge in [-0.3, -0.25) is 10.5 Å². The summed E-state index contributed by atoms with van der Waals surface area (Å²) in [6.45, 7) is 4.00. The highest BCUT2D eigenvalue weighted by Gasteiger charge is 2.18. The molecule has 144 valence electrons.